The summed E-state index contributed by atoms with van der Waals surface area (Å²) in [7, 11) is 0. The van der Waals surface area contributed by atoms with Crippen molar-refractivity contribution in [3.63, 3.8) is 0 Å². The van der Waals surface area contributed by atoms with E-state index >= 15 is 0 Å². The number of halogens is 1. The van der Waals surface area contributed by atoms with E-state index in [4.69, 9.17) is 0 Å². The lowest BCUT2D eigenvalue weighted by Crippen LogP contribution is -2.28. The van der Waals surface area contributed by atoms with Gasteiger partial charge in [0.1, 0.15) is 0 Å². The molecule has 23 heavy (non-hydrogen) atoms. The van der Waals surface area contributed by atoms with Crippen LogP contribution in [0, 0.1) is 0 Å². The van der Waals surface area contributed by atoms with E-state index in [1.807, 2.05) is 49.4 Å². The smallest absolute Gasteiger partial charge is 0.266 e. The van der Waals surface area contributed by atoms with Crippen LogP contribution in [0.3, 0.4) is 0 Å². The van der Waals surface area contributed by atoms with Gasteiger partial charge < -0.3 is 0 Å². The molecule has 116 valence electrons. The normalized spacial score (nSPS) is 18.2. The summed E-state index contributed by atoms with van der Waals surface area (Å²) in [6, 6.07) is 11.6. The van der Waals surface area contributed by atoms with Crippen molar-refractivity contribution in [2.75, 3.05) is 6.54 Å². The maximum absolute atomic E-state index is 12.6. The maximum atomic E-state index is 12.6. The lowest BCUT2D eigenvalue weighted by atomic mass is 10.2. The fourth-order valence-corrected chi connectivity index (χ4v) is 3.63. The van der Waals surface area contributed by atoms with E-state index in [9.17, 15) is 4.79 Å². The minimum atomic E-state index is -0.0138. The van der Waals surface area contributed by atoms with Crippen molar-refractivity contribution >= 4 is 50.5 Å². The molecular weight excluding hydrogens is 374 g/mol. The second kappa shape index (κ2) is 7.10. The molecule has 1 aliphatic rings. The molecule has 2 heterocycles. The van der Waals surface area contributed by atoms with Crippen LogP contribution in [0.5, 0.6) is 0 Å². The molecule has 0 aliphatic carbocycles. The van der Waals surface area contributed by atoms with Gasteiger partial charge in [0.25, 0.3) is 5.91 Å². The number of aliphatic imine (C=N–C) groups is 1. The zero-order valence-corrected chi connectivity index (χ0v) is 14.8. The summed E-state index contributed by atoms with van der Waals surface area (Å²) < 4.78 is 0.985. The Labute approximate surface area is 147 Å². The Hall–Kier alpha value is -1.92. The molecule has 1 aliphatic heterocycles. The zero-order chi connectivity index (χ0) is 16.2. The highest BCUT2D eigenvalue weighted by molar-refractivity contribution is 9.10. The van der Waals surface area contributed by atoms with Crippen molar-refractivity contribution in [3.05, 3.63) is 63.7 Å². The molecule has 0 N–H and O–H groups in total. The van der Waals surface area contributed by atoms with Crippen LogP contribution < -0.4 is 0 Å². The number of thioether (sulfide) groups is 1. The quantitative estimate of drug-likeness (QED) is 0.729. The Morgan fingerprint density at radius 1 is 1.35 bits per heavy atom. The van der Waals surface area contributed by atoms with E-state index < -0.39 is 0 Å². The molecule has 3 rings (SSSR count). The SMILES string of the molecule is CCN1C(=O)/C(=C/c2cccc(Br)c2)SC1=Nc1cccnc1. The molecule has 1 saturated heterocycles. The molecule has 1 aromatic heterocycles. The Morgan fingerprint density at radius 3 is 2.91 bits per heavy atom. The number of pyridine rings is 1. The molecule has 0 radical (unpaired) electrons. The van der Waals surface area contributed by atoms with Crippen molar-refractivity contribution in [1.82, 2.24) is 9.88 Å². The van der Waals surface area contributed by atoms with Crippen LogP contribution in [0.25, 0.3) is 6.08 Å². The third kappa shape index (κ3) is 3.71. The average Bonchev–Trinajstić information content (AvgIpc) is 2.83. The van der Waals surface area contributed by atoms with Crippen LogP contribution in [0.2, 0.25) is 0 Å². The summed E-state index contributed by atoms with van der Waals surface area (Å²) in [5, 5.41) is 0.687. The lowest BCUT2D eigenvalue weighted by Gasteiger charge is -2.11. The first-order chi connectivity index (χ1) is 11.2. The van der Waals surface area contributed by atoms with E-state index in [2.05, 4.69) is 25.9 Å². The number of carbonyl (C=O) groups is 1. The third-order valence-electron chi connectivity index (χ3n) is 3.22. The highest BCUT2D eigenvalue weighted by Crippen LogP contribution is 2.34. The molecule has 0 atom stereocenters. The maximum Gasteiger partial charge on any atom is 0.266 e. The van der Waals surface area contributed by atoms with Gasteiger partial charge >= 0.3 is 0 Å². The first kappa shape index (κ1) is 16.0. The Balaban J connectivity index is 1.93. The topological polar surface area (TPSA) is 45.6 Å². The number of benzene rings is 1. The number of amides is 1. The molecule has 0 bridgehead atoms. The monoisotopic (exact) mass is 387 g/mol. The second-order valence-electron chi connectivity index (χ2n) is 4.82. The number of likely N-dealkylation sites (N-methyl/N-ethyl adjacent to an activating group) is 1. The summed E-state index contributed by atoms with van der Waals surface area (Å²) in [5.41, 5.74) is 1.72. The molecule has 0 spiro atoms. The average molecular weight is 388 g/mol. The summed E-state index contributed by atoms with van der Waals surface area (Å²) in [5.74, 6) is -0.0138. The highest BCUT2D eigenvalue weighted by atomic mass is 79.9. The van der Waals surface area contributed by atoms with E-state index in [1.165, 1.54) is 11.8 Å². The summed E-state index contributed by atoms with van der Waals surface area (Å²) in [6.45, 7) is 2.53. The fraction of sp³-hybridized carbons (Fsp3) is 0.118. The summed E-state index contributed by atoms with van der Waals surface area (Å²) in [6.07, 6.45) is 5.28. The third-order valence-corrected chi connectivity index (χ3v) is 4.72. The number of hydrogen-bond donors (Lipinski definition) is 0. The molecule has 0 unspecified atom stereocenters. The van der Waals surface area contributed by atoms with Gasteiger partial charge in [-0.15, -0.1) is 0 Å². The molecule has 0 saturated carbocycles. The molecular formula is C17H14BrN3OS. The number of nitrogens with zero attached hydrogens (tertiary/aromatic N) is 3. The van der Waals surface area contributed by atoms with Crippen molar-refractivity contribution in [3.8, 4) is 0 Å². The predicted octanol–water partition coefficient (Wildman–Crippen LogP) is 4.47. The number of hydrogen-bond acceptors (Lipinski definition) is 4. The molecule has 1 amide bonds. The first-order valence-electron chi connectivity index (χ1n) is 7.13. The number of amidine groups is 1. The van der Waals surface area contributed by atoms with Gasteiger partial charge in [0.2, 0.25) is 0 Å². The van der Waals surface area contributed by atoms with Crippen LogP contribution >= 0.6 is 27.7 Å². The fourth-order valence-electron chi connectivity index (χ4n) is 2.15. The Kier molecular flexibility index (Phi) is 4.93. The van der Waals surface area contributed by atoms with Gasteiger partial charge in [-0.2, -0.15) is 0 Å². The van der Waals surface area contributed by atoms with Crippen molar-refractivity contribution in [2.45, 2.75) is 6.92 Å². The number of aromatic nitrogens is 1. The minimum absolute atomic E-state index is 0.0138. The van der Waals surface area contributed by atoms with E-state index in [0.29, 0.717) is 16.6 Å². The van der Waals surface area contributed by atoms with Crippen molar-refractivity contribution in [1.29, 1.82) is 0 Å². The van der Waals surface area contributed by atoms with Crippen molar-refractivity contribution < 1.29 is 4.79 Å². The van der Waals surface area contributed by atoms with Crippen LogP contribution in [0.15, 0.2) is 63.2 Å². The molecule has 1 aromatic carbocycles. The lowest BCUT2D eigenvalue weighted by molar-refractivity contribution is -0.122. The number of rotatable bonds is 3. The van der Waals surface area contributed by atoms with Crippen LogP contribution in [-0.2, 0) is 4.79 Å². The van der Waals surface area contributed by atoms with Crippen molar-refractivity contribution in [2.24, 2.45) is 4.99 Å². The van der Waals surface area contributed by atoms with Gasteiger partial charge in [0, 0.05) is 17.2 Å². The molecule has 2 aromatic rings. The number of carbonyl (C=O) groups excluding carboxylic acids is 1. The predicted molar refractivity (Wildman–Crippen MR) is 98.4 cm³/mol. The van der Waals surface area contributed by atoms with E-state index in [-0.39, 0.29) is 5.91 Å². The van der Waals surface area contributed by atoms with Crippen LogP contribution in [0.4, 0.5) is 5.69 Å². The van der Waals surface area contributed by atoms with Gasteiger partial charge in [-0.05, 0) is 54.6 Å². The van der Waals surface area contributed by atoms with Gasteiger partial charge in [-0.3, -0.25) is 14.7 Å². The second-order valence-corrected chi connectivity index (χ2v) is 6.75. The largest absolute Gasteiger partial charge is 0.287 e. The highest BCUT2D eigenvalue weighted by Gasteiger charge is 2.32. The Bertz CT molecular complexity index is 789. The molecule has 6 heteroatoms. The van der Waals surface area contributed by atoms with Gasteiger partial charge in [-0.1, -0.05) is 28.1 Å². The van der Waals surface area contributed by atoms with Gasteiger partial charge in [-0.25, -0.2) is 4.99 Å². The Morgan fingerprint density at radius 2 is 2.22 bits per heavy atom. The van der Waals surface area contributed by atoms with Crippen LogP contribution in [-0.4, -0.2) is 27.5 Å². The minimum Gasteiger partial charge on any atom is -0.287 e. The van der Waals surface area contributed by atoms with E-state index in [0.717, 1.165) is 15.7 Å². The summed E-state index contributed by atoms with van der Waals surface area (Å²) >= 11 is 4.84. The first-order valence-corrected chi connectivity index (χ1v) is 8.74. The summed E-state index contributed by atoms with van der Waals surface area (Å²) in [4.78, 5) is 23.5. The standard InChI is InChI=1S/C17H14BrN3OS/c1-2-21-16(22)15(10-12-5-3-6-13(18)9-12)23-17(21)20-14-7-4-8-19-11-14/h3-11H,2H2,1H3/b15-10-,20-17?. The molecule has 1 fully saturated rings. The zero-order valence-electron chi connectivity index (χ0n) is 12.4. The van der Waals surface area contributed by atoms with Crippen LogP contribution in [0.1, 0.15) is 12.5 Å². The van der Waals surface area contributed by atoms with Gasteiger partial charge in [0.05, 0.1) is 16.8 Å². The van der Waals surface area contributed by atoms with Gasteiger partial charge in [0.15, 0.2) is 5.17 Å². The molecule has 4 nitrogen and oxygen atoms in total. The van der Waals surface area contributed by atoms with E-state index in [1.54, 1.807) is 17.3 Å².